The monoisotopic (exact) mass is 284 g/mol. The molecule has 0 bridgehead atoms. The summed E-state index contributed by atoms with van der Waals surface area (Å²) < 4.78 is 42.2. The number of hydrogen-bond donors (Lipinski definition) is 2. The quantitative estimate of drug-likeness (QED) is 0.893. The van der Waals surface area contributed by atoms with Gasteiger partial charge in [0.2, 0.25) is 0 Å². The number of benzene rings is 1. The Morgan fingerprint density at radius 1 is 1.33 bits per heavy atom. The number of alkyl halides is 3. The zero-order valence-corrected chi connectivity index (χ0v) is 9.92. The Labute approximate surface area is 107 Å². The average Bonchev–Trinajstić information content (AvgIpc) is 2.24. The average molecular weight is 285 g/mol. The summed E-state index contributed by atoms with van der Waals surface area (Å²) in [5, 5.41) is 0. The molecule has 102 valence electrons. The first kappa shape index (κ1) is 16.5. The molecular formula is C10H12ClF3N2O2. The fourth-order valence-corrected chi connectivity index (χ4v) is 1.34. The van der Waals surface area contributed by atoms with Crippen molar-refractivity contribution in [3.8, 4) is 0 Å². The molecule has 1 rings (SSSR count). The summed E-state index contributed by atoms with van der Waals surface area (Å²) in [6, 6.07) is 3.76. The molecule has 4 nitrogen and oxygen atoms in total. The number of halogens is 4. The molecule has 1 amide bonds. The second kappa shape index (κ2) is 6.46. The van der Waals surface area contributed by atoms with Crippen LogP contribution in [0.1, 0.15) is 17.2 Å². The van der Waals surface area contributed by atoms with Crippen LogP contribution in [0, 0.1) is 0 Å². The van der Waals surface area contributed by atoms with Crippen LogP contribution in [0.15, 0.2) is 24.3 Å². The lowest BCUT2D eigenvalue weighted by Gasteiger charge is -2.17. The summed E-state index contributed by atoms with van der Waals surface area (Å²) in [4.78, 5) is 10.3. The van der Waals surface area contributed by atoms with Gasteiger partial charge in [-0.15, -0.1) is 12.4 Å². The van der Waals surface area contributed by atoms with Crippen LogP contribution in [0.25, 0.3) is 0 Å². The predicted octanol–water partition coefficient (Wildman–Crippen LogP) is 2.22. The standard InChI is InChI=1S/C10H11F3N2O2.ClH/c11-10(12,13)7-4-2-1-3-6(7)8(14)5-17-9(15)16;/h1-4,8H,5,14H2,(H2,15,16);1H. The Kier molecular flexibility index (Phi) is 5.93. The van der Waals surface area contributed by atoms with E-state index in [2.05, 4.69) is 4.74 Å². The van der Waals surface area contributed by atoms with E-state index in [4.69, 9.17) is 11.5 Å². The number of carbonyl (C=O) groups is 1. The minimum atomic E-state index is -4.50. The lowest BCUT2D eigenvalue weighted by atomic mass is 10.0. The van der Waals surface area contributed by atoms with Crippen LogP contribution in [-0.2, 0) is 10.9 Å². The lowest BCUT2D eigenvalue weighted by molar-refractivity contribution is -0.138. The van der Waals surface area contributed by atoms with Crippen LogP contribution in [0.3, 0.4) is 0 Å². The van der Waals surface area contributed by atoms with Crippen molar-refractivity contribution in [2.24, 2.45) is 11.5 Å². The van der Waals surface area contributed by atoms with Crippen LogP contribution >= 0.6 is 12.4 Å². The number of amides is 1. The second-order valence-electron chi connectivity index (χ2n) is 3.32. The topological polar surface area (TPSA) is 78.3 Å². The molecule has 0 aliphatic rings. The molecular weight excluding hydrogens is 273 g/mol. The van der Waals surface area contributed by atoms with E-state index in [1.165, 1.54) is 18.2 Å². The molecule has 0 saturated carbocycles. The van der Waals surface area contributed by atoms with Gasteiger partial charge in [0.05, 0.1) is 11.6 Å². The van der Waals surface area contributed by atoms with Crippen molar-refractivity contribution in [2.75, 3.05) is 6.61 Å². The molecule has 1 atom stereocenters. The minimum absolute atomic E-state index is 0. The van der Waals surface area contributed by atoms with Crippen molar-refractivity contribution in [1.82, 2.24) is 0 Å². The van der Waals surface area contributed by atoms with Crippen LogP contribution < -0.4 is 11.5 Å². The summed E-state index contributed by atoms with van der Waals surface area (Å²) >= 11 is 0. The lowest BCUT2D eigenvalue weighted by Crippen LogP contribution is -2.25. The van der Waals surface area contributed by atoms with E-state index >= 15 is 0 Å². The molecule has 0 fully saturated rings. The van der Waals surface area contributed by atoms with E-state index in [9.17, 15) is 18.0 Å². The number of primary amides is 1. The third kappa shape index (κ3) is 4.42. The second-order valence-corrected chi connectivity index (χ2v) is 3.32. The van der Waals surface area contributed by atoms with Gasteiger partial charge in [-0.2, -0.15) is 13.2 Å². The normalized spacial score (nSPS) is 12.4. The van der Waals surface area contributed by atoms with Crippen molar-refractivity contribution < 1.29 is 22.7 Å². The SMILES string of the molecule is Cl.NC(=O)OCC(N)c1ccccc1C(F)(F)F. The molecule has 0 radical (unpaired) electrons. The third-order valence-corrected chi connectivity index (χ3v) is 2.07. The molecule has 0 aliphatic carbocycles. The first-order valence-electron chi connectivity index (χ1n) is 4.66. The van der Waals surface area contributed by atoms with Crippen molar-refractivity contribution in [3.05, 3.63) is 35.4 Å². The van der Waals surface area contributed by atoms with Crippen LogP contribution in [-0.4, -0.2) is 12.7 Å². The van der Waals surface area contributed by atoms with Gasteiger partial charge >= 0.3 is 12.3 Å². The van der Waals surface area contributed by atoms with E-state index in [1.54, 1.807) is 0 Å². The van der Waals surface area contributed by atoms with Crippen LogP contribution in [0.2, 0.25) is 0 Å². The zero-order valence-electron chi connectivity index (χ0n) is 9.11. The fourth-order valence-electron chi connectivity index (χ4n) is 1.34. The molecule has 0 spiro atoms. The number of hydrogen-bond acceptors (Lipinski definition) is 3. The van der Waals surface area contributed by atoms with E-state index in [-0.39, 0.29) is 18.0 Å². The first-order valence-corrected chi connectivity index (χ1v) is 4.66. The van der Waals surface area contributed by atoms with E-state index in [0.717, 1.165) is 6.07 Å². The van der Waals surface area contributed by atoms with Crippen molar-refractivity contribution in [3.63, 3.8) is 0 Å². The molecule has 0 saturated heterocycles. The zero-order chi connectivity index (χ0) is 13.1. The number of ether oxygens (including phenoxy) is 1. The molecule has 0 aliphatic heterocycles. The third-order valence-electron chi connectivity index (χ3n) is 2.07. The summed E-state index contributed by atoms with van der Waals surface area (Å²) in [5.74, 6) is 0. The highest BCUT2D eigenvalue weighted by molar-refractivity contribution is 5.85. The Bertz CT molecular complexity index is 412. The van der Waals surface area contributed by atoms with Gasteiger partial charge in [0.25, 0.3) is 0 Å². The Morgan fingerprint density at radius 2 is 1.89 bits per heavy atom. The molecule has 18 heavy (non-hydrogen) atoms. The Balaban J connectivity index is 0.00000289. The summed E-state index contributed by atoms with van der Waals surface area (Å²) in [6.07, 6.45) is -5.58. The smallest absolute Gasteiger partial charge is 0.416 e. The highest BCUT2D eigenvalue weighted by Gasteiger charge is 2.34. The van der Waals surface area contributed by atoms with Crippen LogP contribution in [0.4, 0.5) is 18.0 Å². The maximum Gasteiger partial charge on any atom is 0.416 e. The van der Waals surface area contributed by atoms with Gasteiger partial charge in [-0.05, 0) is 11.6 Å². The maximum absolute atomic E-state index is 12.6. The van der Waals surface area contributed by atoms with E-state index < -0.39 is 30.5 Å². The molecule has 1 aromatic rings. The molecule has 0 aromatic heterocycles. The summed E-state index contributed by atoms with van der Waals surface area (Å²) in [5.41, 5.74) is 9.23. The molecule has 8 heteroatoms. The van der Waals surface area contributed by atoms with E-state index in [1.807, 2.05) is 0 Å². The Hall–Kier alpha value is -1.47. The maximum atomic E-state index is 12.6. The van der Waals surface area contributed by atoms with Gasteiger partial charge in [-0.25, -0.2) is 4.79 Å². The number of nitrogens with two attached hydrogens (primary N) is 2. The predicted molar refractivity (Wildman–Crippen MR) is 61.2 cm³/mol. The largest absolute Gasteiger partial charge is 0.448 e. The van der Waals surface area contributed by atoms with Crippen molar-refractivity contribution in [1.29, 1.82) is 0 Å². The highest BCUT2D eigenvalue weighted by atomic mass is 35.5. The summed E-state index contributed by atoms with van der Waals surface area (Å²) in [6.45, 7) is -0.400. The van der Waals surface area contributed by atoms with Crippen molar-refractivity contribution in [2.45, 2.75) is 12.2 Å². The number of carbonyl (C=O) groups excluding carboxylic acids is 1. The first-order chi connectivity index (χ1) is 7.82. The highest BCUT2D eigenvalue weighted by Crippen LogP contribution is 2.33. The van der Waals surface area contributed by atoms with Gasteiger partial charge in [-0.1, -0.05) is 18.2 Å². The molecule has 4 N–H and O–H groups in total. The Morgan fingerprint density at radius 3 is 2.39 bits per heavy atom. The van der Waals surface area contributed by atoms with Gasteiger partial charge < -0.3 is 16.2 Å². The minimum Gasteiger partial charge on any atom is -0.448 e. The molecule has 0 heterocycles. The number of rotatable bonds is 3. The molecule has 1 unspecified atom stereocenters. The summed E-state index contributed by atoms with van der Waals surface area (Å²) in [7, 11) is 0. The fraction of sp³-hybridized carbons (Fsp3) is 0.300. The van der Waals surface area contributed by atoms with Gasteiger partial charge in [0.15, 0.2) is 0 Å². The van der Waals surface area contributed by atoms with Gasteiger partial charge in [0, 0.05) is 0 Å². The van der Waals surface area contributed by atoms with Gasteiger partial charge in [-0.3, -0.25) is 0 Å². The molecule has 1 aromatic carbocycles. The van der Waals surface area contributed by atoms with E-state index in [0.29, 0.717) is 0 Å². The van der Waals surface area contributed by atoms with Gasteiger partial charge in [0.1, 0.15) is 6.61 Å². The van der Waals surface area contributed by atoms with Crippen LogP contribution in [0.5, 0.6) is 0 Å². The van der Waals surface area contributed by atoms with Crippen molar-refractivity contribution >= 4 is 18.5 Å².